The number of esters is 1. The zero-order valence-corrected chi connectivity index (χ0v) is 12.2. The van der Waals surface area contributed by atoms with Crippen molar-refractivity contribution >= 4 is 5.97 Å². The molecule has 112 valence electrons. The molecule has 3 rings (SSSR count). The highest BCUT2D eigenvalue weighted by Gasteiger charge is 2.34. The van der Waals surface area contributed by atoms with Crippen LogP contribution in [0.25, 0.3) is 0 Å². The van der Waals surface area contributed by atoms with Crippen molar-refractivity contribution in [3.63, 3.8) is 0 Å². The molecule has 1 unspecified atom stereocenters. The monoisotopic (exact) mass is 290 g/mol. The second-order valence-corrected chi connectivity index (χ2v) is 5.55. The lowest BCUT2D eigenvalue weighted by Crippen LogP contribution is -2.36. The lowest BCUT2D eigenvalue weighted by Gasteiger charge is -2.32. The number of carbonyl (C=O) groups is 1. The van der Waals surface area contributed by atoms with Gasteiger partial charge in [-0.3, -0.25) is 0 Å². The summed E-state index contributed by atoms with van der Waals surface area (Å²) < 4.78 is 21.3. The highest BCUT2D eigenvalue weighted by molar-refractivity contribution is 5.83. The summed E-state index contributed by atoms with van der Waals surface area (Å²) in [5, 5.41) is 0. The number of cyclic esters (lactones) is 1. The molecule has 0 amide bonds. The van der Waals surface area contributed by atoms with E-state index in [2.05, 4.69) is 0 Å². The van der Waals surface area contributed by atoms with E-state index >= 15 is 0 Å². The molecule has 2 aliphatic heterocycles. The summed E-state index contributed by atoms with van der Waals surface area (Å²) in [6, 6.07) is 5.89. The van der Waals surface area contributed by atoms with Crippen LogP contribution < -0.4 is 9.47 Å². The first-order chi connectivity index (χ1) is 10.1. The predicted octanol–water partition coefficient (Wildman–Crippen LogP) is 2.58. The van der Waals surface area contributed by atoms with Crippen LogP contribution in [0.4, 0.5) is 0 Å². The largest absolute Gasteiger partial charge is 0.501 e. The Hall–Kier alpha value is -2.17. The summed E-state index contributed by atoms with van der Waals surface area (Å²) in [4.78, 5) is 11.6. The van der Waals surface area contributed by atoms with Crippen LogP contribution >= 0.6 is 0 Å². The van der Waals surface area contributed by atoms with Crippen molar-refractivity contribution in [2.75, 3.05) is 13.9 Å². The second kappa shape index (κ2) is 5.31. The van der Waals surface area contributed by atoms with Gasteiger partial charge in [0.25, 0.3) is 0 Å². The molecule has 0 aliphatic carbocycles. The Balaban J connectivity index is 1.67. The predicted molar refractivity (Wildman–Crippen MR) is 75.1 cm³/mol. The maximum Gasteiger partial charge on any atom is 0.334 e. The zero-order chi connectivity index (χ0) is 14.9. The van der Waals surface area contributed by atoms with Gasteiger partial charge in [-0.2, -0.15) is 0 Å². The lowest BCUT2D eigenvalue weighted by molar-refractivity contribution is -0.155. The van der Waals surface area contributed by atoms with E-state index in [0.29, 0.717) is 12.2 Å². The standard InChI is InChI=1S/C16H18O5/c1-16(9-12(18-2)8-15(17)21-16)6-5-11-3-4-13-14(7-11)20-10-19-13/h3-4,7-8H,5-6,9-10H2,1-2H3. The number of hydrogen-bond donors (Lipinski definition) is 0. The molecule has 0 fully saturated rings. The van der Waals surface area contributed by atoms with E-state index in [4.69, 9.17) is 18.9 Å². The third kappa shape index (κ3) is 2.96. The fourth-order valence-electron chi connectivity index (χ4n) is 2.64. The van der Waals surface area contributed by atoms with Crippen LogP contribution in [0.2, 0.25) is 0 Å². The maximum absolute atomic E-state index is 11.6. The van der Waals surface area contributed by atoms with Crippen LogP contribution in [-0.4, -0.2) is 25.5 Å². The molecule has 21 heavy (non-hydrogen) atoms. The van der Waals surface area contributed by atoms with Gasteiger partial charge in [-0.15, -0.1) is 0 Å². The summed E-state index contributed by atoms with van der Waals surface area (Å²) in [6.45, 7) is 2.21. The van der Waals surface area contributed by atoms with Crippen LogP contribution in [0.1, 0.15) is 25.3 Å². The van der Waals surface area contributed by atoms with Gasteiger partial charge < -0.3 is 18.9 Å². The summed E-state index contributed by atoms with van der Waals surface area (Å²) in [6.07, 6.45) is 3.51. The Morgan fingerprint density at radius 3 is 2.90 bits per heavy atom. The molecule has 2 aliphatic rings. The van der Waals surface area contributed by atoms with Crippen molar-refractivity contribution in [3.8, 4) is 11.5 Å². The number of rotatable bonds is 4. The number of hydrogen-bond acceptors (Lipinski definition) is 5. The summed E-state index contributed by atoms with van der Waals surface area (Å²) >= 11 is 0. The number of benzene rings is 1. The zero-order valence-electron chi connectivity index (χ0n) is 12.2. The van der Waals surface area contributed by atoms with E-state index in [9.17, 15) is 4.79 Å². The minimum atomic E-state index is -0.534. The third-order valence-corrected chi connectivity index (χ3v) is 3.82. The van der Waals surface area contributed by atoms with Gasteiger partial charge in [0.2, 0.25) is 6.79 Å². The van der Waals surface area contributed by atoms with Crippen LogP contribution in [-0.2, 0) is 20.7 Å². The van der Waals surface area contributed by atoms with Gasteiger partial charge in [-0.1, -0.05) is 6.07 Å². The average Bonchev–Trinajstić information content (AvgIpc) is 2.91. The van der Waals surface area contributed by atoms with Gasteiger partial charge in [0.05, 0.1) is 13.2 Å². The highest BCUT2D eigenvalue weighted by atomic mass is 16.7. The van der Waals surface area contributed by atoms with Gasteiger partial charge >= 0.3 is 5.97 Å². The van der Waals surface area contributed by atoms with E-state index < -0.39 is 5.60 Å². The SMILES string of the molecule is COC1=CC(=O)OC(C)(CCc2ccc3c(c2)OCO3)C1. The molecule has 0 saturated heterocycles. The van der Waals surface area contributed by atoms with Gasteiger partial charge in [-0.05, 0) is 37.5 Å². The van der Waals surface area contributed by atoms with E-state index in [1.807, 2.05) is 25.1 Å². The molecule has 0 saturated carbocycles. The molecule has 2 heterocycles. The fraction of sp³-hybridized carbons (Fsp3) is 0.438. The smallest absolute Gasteiger partial charge is 0.334 e. The Bertz CT molecular complexity index is 592. The van der Waals surface area contributed by atoms with Crippen molar-refractivity contribution in [1.29, 1.82) is 0 Å². The van der Waals surface area contributed by atoms with Crippen LogP contribution in [0.3, 0.4) is 0 Å². The van der Waals surface area contributed by atoms with E-state index in [-0.39, 0.29) is 12.8 Å². The molecule has 1 aromatic rings. The molecule has 5 heteroatoms. The van der Waals surface area contributed by atoms with Gasteiger partial charge in [-0.25, -0.2) is 4.79 Å². The summed E-state index contributed by atoms with van der Waals surface area (Å²) in [5.74, 6) is 1.88. The molecule has 1 aromatic carbocycles. The molecule has 0 spiro atoms. The quantitative estimate of drug-likeness (QED) is 0.798. The minimum absolute atomic E-state index is 0.274. The second-order valence-electron chi connectivity index (χ2n) is 5.55. The molecular formula is C16H18O5. The van der Waals surface area contributed by atoms with Crippen molar-refractivity contribution in [3.05, 3.63) is 35.6 Å². The number of aryl methyl sites for hydroxylation is 1. The molecule has 1 atom stereocenters. The lowest BCUT2D eigenvalue weighted by atomic mass is 9.91. The van der Waals surface area contributed by atoms with E-state index in [0.717, 1.165) is 29.9 Å². The summed E-state index contributed by atoms with van der Waals surface area (Å²) in [5.41, 5.74) is 0.595. The molecular weight excluding hydrogens is 272 g/mol. The Kier molecular flexibility index (Phi) is 3.49. The maximum atomic E-state index is 11.6. The topological polar surface area (TPSA) is 54.0 Å². The van der Waals surface area contributed by atoms with Gasteiger partial charge in [0.1, 0.15) is 11.4 Å². The van der Waals surface area contributed by atoms with E-state index in [1.165, 1.54) is 6.08 Å². The first-order valence-electron chi connectivity index (χ1n) is 6.94. The van der Waals surface area contributed by atoms with Crippen LogP contribution in [0, 0.1) is 0 Å². The van der Waals surface area contributed by atoms with Crippen molar-refractivity contribution in [2.24, 2.45) is 0 Å². The number of ether oxygens (including phenoxy) is 4. The van der Waals surface area contributed by atoms with Gasteiger partial charge in [0, 0.05) is 6.42 Å². The average molecular weight is 290 g/mol. The van der Waals surface area contributed by atoms with Crippen molar-refractivity contribution in [2.45, 2.75) is 31.8 Å². The summed E-state index contributed by atoms with van der Waals surface area (Å²) in [7, 11) is 1.57. The van der Waals surface area contributed by atoms with E-state index in [1.54, 1.807) is 7.11 Å². The molecule has 0 bridgehead atoms. The highest BCUT2D eigenvalue weighted by Crippen LogP contribution is 2.35. The Morgan fingerprint density at radius 2 is 2.10 bits per heavy atom. The minimum Gasteiger partial charge on any atom is -0.501 e. The fourth-order valence-corrected chi connectivity index (χ4v) is 2.64. The number of fused-ring (bicyclic) bond motifs is 1. The molecule has 5 nitrogen and oxygen atoms in total. The molecule has 0 aromatic heterocycles. The normalized spacial score (nSPS) is 23.5. The Morgan fingerprint density at radius 1 is 1.29 bits per heavy atom. The van der Waals surface area contributed by atoms with Crippen LogP contribution in [0.15, 0.2) is 30.0 Å². The van der Waals surface area contributed by atoms with Crippen LogP contribution in [0.5, 0.6) is 11.5 Å². The first kappa shape index (κ1) is 13.8. The van der Waals surface area contributed by atoms with Crippen molar-refractivity contribution < 1.29 is 23.7 Å². The van der Waals surface area contributed by atoms with Crippen molar-refractivity contribution in [1.82, 2.24) is 0 Å². The third-order valence-electron chi connectivity index (χ3n) is 3.82. The first-order valence-corrected chi connectivity index (χ1v) is 6.94. The molecule has 0 N–H and O–H groups in total. The Labute approximate surface area is 123 Å². The molecule has 0 radical (unpaired) electrons. The number of carbonyl (C=O) groups excluding carboxylic acids is 1. The number of methoxy groups -OCH3 is 1. The van der Waals surface area contributed by atoms with Gasteiger partial charge in [0.15, 0.2) is 11.5 Å².